The van der Waals surface area contributed by atoms with Gasteiger partial charge < -0.3 is 11.1 Å². The molecule has 1 saturated carbocycles. The number of anilines is 1. The van der Waals surface area contributed by atoms with E-state index in [9.17, 15) is 5.26 Å². The molecule has 3 nitrogen and oxygen atoms in total. The number of thioether (sulfide) groups is 1. The molecule has 90 valence electrons. The van der Waals surface area contributed by atoms with Crippen LogP contribution in [-0.2, 0) is 0 Å². The average Bonchev–Trinajstić information content (AvgIpc) is 3.19. The molecule has 3 N–H and O–H groups in total. The van der Waals surface area contributed by atoms with Gasteiger partial charge in [0.1, 0.15) is 6.07 Å². The average molecular weight is 247 g/mol. The van der Waals surface area contributed by atoms with E-state index in [4.69, 9.17) is 5.73 Å². The molecule has 0 saturated heterocycles. The zero-order valence-electron chi connectivity index (χ0n) is 9.94. The van der Waals surface area contributed by atoms with Crippen LogP contribution in [0.1, 0.15) is 18.4 Å². The van der Waals surface area contributed by atoms with E-state index >= 15 is 0 Å². The molecule has 2 rings (SSSR count). The summed E-state index contributed by atoms with van der Waals surface area (Å²) in [7, 11) is 0. The highest BCUT2D eigenvalue weighted by Crippen LogP contribution is 2.32. The van der Waals surface area contributed by atoms with Crippen molar-refractivity contribution in [2.24, 2.45) is 11.7 Å². The molecule has 0 aromatic heterocycles. The number of rotatable bonds is 5. The van der Waals surface area contributed by atoms with Crippen LogP contribution in [0.3, 0.4) is 0 Å². The minimum atomic E-state index is 0.208. The molecule has 0 aliphatic heterocycles. The maximum atomic E-state index is 9.18. The summed E-state index contributed by atoms with van der Waals surface area (Å²) in [6.45, 7) is 0.747. The minimum absolute atomic E-state index is 0.208. The molecule has 1 aromatic rings. The molecular weight excluding hydrogens is 230 g/mol. The van der Waals surface area contributed by atoms with Gasteiger partial charge in [-0.05, 0) is 37.1 Å². The van der Waals surface area contributed by atoms with Gasteiger partial charge in [0.2, 0.25) is 0 Å². The molecule has 1 atom stereocenters. The summed E-state index contributed by atoms with van der Waals surface area (Å²) in [5, 5.41) is 12.5. The summed E-state index contributed by atoms with van der Waals surface area (Å²) in [5.41, 5.74) is 7.66. The van der Waals surface area contributed by atoms with Gasteiger partial charge in [-0.15, -0.1) is 11.8 Å². The summed E-state index contributed by atoms with van der Waals surface area (Å²) >= 11 is 1.59. The van der Waals surface area contributed by atoms with Gasteiger partial charge in [0.05, 0.1) is 11.3 Å². The lowest BCUT2D eigenvalue weighted by atomic mass is 10.1. The Morgan fingerprint density at radius 2 is 2.35 bits per heavy atom. The van der Waals surface area contributed by atoms with Gasteiger partial charge in [-0.1, -0.05) is 6.07 Å². The third-order valence-electron chi connectivity index (χ3n) is 3.11. The summed E-state index contributed by atoms with van der Waals surface area (Å²) in [6, 6.07) is 8.35. The van der Waals surface area contributed by atoms with Crippen molar-refractivity contribution < 1.29 is 0 Å². The predicted molar refractivity (Wildman–Crippen MR) is 72.1 cm³/mol. The van der Waals surface area contributed by atoms with Crippen molar-refractivity contribution in [3.63, 3.8) is 0 Å². The van der Waals surface area contributed by atoms with Crippen LogP contribution in [-0.4, -0.2) is 18.8 Å². The highest BCUT2D eigenvalue weighted by molar-refractivity contribution is 7.98. The normalized spacial score (nSPS) is 16.3. The van der Waals surface area contributed by atoms with Crippen LogP contribution >= 0.6 is 11.8 Å². The number of hydrogen-bond donors (Lipinski definition) is 2. The van der Waals surface area contributed by atoms with E-state index in [1.54, 1.807) is 11.8 Å². The standard InChI is InChI=1S/C13H17N3S/c1-17-13-4-2-3-12(10(13)7-14)16-8-11(15)9-5-6-9/h2-4,9,11,16H,5-6,8,15H2,1H3. The smallest absolute Gasteiger partial charge is 0.102 e. The number of nitrogens with two attached hydrogens (primary N) is 1. The summed E-state index contributed by atoms with van der Waals surface area (Å²) in [4.78, 5) is 1.01. The van der Waals surface area contributed by atoms with Crippen molar-refractivity contribution in [1.29, 1.82) is 5.26 Å². The van der Waals surface area contributed by atoms with Crippen LogP contribution in [0.25, 0.3) is 0 Å². The third-order valence-corrected chi connectivity index (χ3v) is 3.89. The van der Waals surface area contributed by atoms with E-state index in [0.29, 0.717) is 5.92 Å². The van der Waals surface area contributed by atoms with E-state index in [0.717, 1.165) is 22.7 Å². The Bertz CT molecular complexity index is 435. The van der Waals surface area contributed by atoms with Crippen molar-refractivity contribution in [1.82, 2.24) is 0 Å². The fourth-order valence-corrected chi connectivity index (χ4v) is 2.46. The van der Waals surface area contributed by atoms with Gasteiger partial charge >= 0.3 is 0 Å². The van der Waals surface area contributed by atoms with Crippen molar-refractivity contribution >= 4 is 17.4 Å². The van der Waals surface area contributed by atoms with E-state index in [1.807, 2.05) is 24.5 Å². The van der Waals surface area contributed by atoms with Crippen molar-refractivity contribution in [3.8, 4) is 6.07 Å². The van der Waals surface area contributed by atoms with Gasteiger partial charge in [0.25, 0.3) is 0 Å². The Morgan fingerprint density at radius 3 is 2.94 bits per heavy atom. The van der Waals surface area contributed by atoms with Crippen molar-refractivity contribution in [3.05, 3.63) is 23.8 Å². The quantitative estimate of drug-likeness (QED) is 0.784. The highest BCUT2D eigenvalue weighted by atomic mass is 32.2. The van der Waals surface area contributed by atoms with Crippen molar-refractivity contribution in [2.45, 2.75) is 23.8 Å². The monoisotopic (exact) mass is 247 g/mol. The first-order valence-corrected chi connectivity index (χ1v) is 7.05. The van der Waals surface area contributed by atoms with E-state index in [-0.39, 0.29) is 6.04 Å². The SMILES string of the molecule is CSc1cccc(NCC(N)C2CC2)c1C#N. The Morgan fingerprint density at radius 1 is 1.59 bits per heavy atom. The first-order valence-electron chi connectivity index (χ1n) is 5.82. The number of nitrogens with one attached hydrogen (secondary N) is 1. The maximum absolute atomic E-state index is 9.18. The zero-order valence-corrected chi connectivity index (χ0v) is 10.8. The number of hydrogen-bond acceptors (Lipinski definition) is 4. The number of benzene rings is 1. The lowest BCUT2D eigenvalue weighted by Gasteiger charge is -2.14. The predicted octanol–water partition coefficient (Wildman–Crippen LogP) is 2.43. The molecule has 0 bridgehead atoms. The molecule has 1 aliphatic carbocycles. The Labute approximate surface area is 106 Å². The fourth-order valence-electron chi connectivity index (χ4n) is 1.88. The van der Waals surface area contributed by atoms with Crippen LogP contribution in [0.4, 0.5) is 5.69 Å². The van der Waals surface area contributed by atoms with E-state index in [2.05, 4.69) is 11.4 Å². The molecule has 4 heteroatoms. The van der Waals surface area contributed by atoms with Crippen LogP contribution in [0, 0.1) is 17.2 Å². The van der Waals surface area contributed by atoms with Gasteiger partial charge in [0, 0.05) is 17.5 Å². The molecule has 0 spiro atoms. The summed E-state index contributed by atoms with van der Waals surface area (Å²) in [6.07, 6.45) is 4.48. The van der Waals surface area contributed by atoms with Crippen LogP contribution < -0.4 is 11.1 Å². The zero-order chi connectivity index (χ0) is 12.3. The molecule has 17 heavy (non-hydrogen) atoms. The molecule has 1 aromatic carbocycles. The summed E-state index contributed by atoms with van der Waals surface area (Å²) in [5.74, 6) is 0.678. The fraction of sp³-hybridized carbons (Fsp3) is 0.462. The Hall–Kier alpha value is -1.18. The van der Waals surface area contributed by atoms with Crippen LogP contribution in [0.15, 0.2) is 23.1 Å². The summed E-state index contributed by atoms with van der Waals surface area (Å²) < 4.78 is 0. The van der Waals surface area contributed by atoms with Gasteiger partial charge in [-0.25, -0.2) is 0 Å². The topological polar surface area (TPSA) is 61.8 Å². The van der Waals surface area contributed by atoms with Gasteiger partial charge in [-0.2, -0.15) is 5.26 Å². The first-order chi connectivity index (χ1) is 8.26. The van der Waals surface area contributed by atoms with Gasteiger partial charge in [0.15, 0.2) is 0 Å². The molecule has 0 radical (unpaired) electrons. The molecule has 0 heterocycles. The lowest BCUT2D eigenvalue weighted by molar-refractivity contribution is 0.621. The highest BCUT2D eigenvalue weighted by Gasteiger charge is 2.28. The Balaban J connectivity index is 2.06. The first kappa shape index (κ1) is 12.3. The Kier molecular flexibility index (Phi) is 3.93. The van der Waals surface area contributed by atoms with Crippen molar-refractivity contribution in [2.75, 3.05) is 18.1 Å². The van der Waals surface area contributed by atoms with Gasteiger partial charge in [-0.3, -0.25) is 0 Å². The van der Waals surface area contributed by atoms with Crippen LogP contribution in [0.5, 0.6) is 0 Å². The van der Waals surface area contributed by atoms with Crippen LogP contribution in [0.2, 0.25) is 0 Å². The second kappa shape index (κ2) is 5.44. The molecule has 1 unspecified atom stereocenters. The second-order valence-corrected chi connectivity index (χ2v) is 5.22. The molecular formula is C13H17N3S. The number of nitriles is 1. The largest absolute Gasteiger partial charge is 0.382 e. The molecule has 1 fully saturated rings. The minimum Gasteiger partial charge on any atom is -0.382 e. The number of nitrogens with zero attached hydrogens (tertiary/aromatic N) is 1. The molecule has 1 aliphatic rings. The second-order valence-electron chi connectivity index (χ2n) is 4.38. The maximum Gasteiger partial charge on any atom is 0.102 e. The lowest BCUT2D eigenvalue weighted by Crippen LogP contribution is -2.31. The molecule has 0 amide bonds. The third kappa shape index (κ3) is 2.93. The van der Waals surface area contributed by atoms with E-state index in [1.165, 1.54) is 12.8 Å². The van der Waals surface area contributed by atoms with E-state index < -0.39 is 0 Å².